The Hall–Kier alpha value is -1.62. The Kier molecular flexibility index (Phi) is 4.95. The molecule has 1 aliphatic heterocycles. The third-order valence-corrected chi connectivity index (χ3v) is 3.92. The number of thioether (sulfide) groups is 1. The maximum Gasteiger partial charge on any atom is 0.203 e. The lowest BCUT2D eigenvalue weighted by Crippen LogP contribution is -2.08. The number of ether oxygens (including phenoxy) is 3. The van der Waals surface area contributed by atoms with Gasteiger partial charge in [0.05, 0.1) is 32.9 Å². The summed E-state index contributed by atoms with van der Waals surface area (Å²) >= 11 is 1.66. The van der Waals surface area contributed by atoms with E-state index in [-0.39, 0.29) is 5.92 Å². The van der Waals surface area contributed by atoms with E-state index >= 15 is 0 Å². The van der Waals surface area contributed by atoms with Crippen molar-refractivity contribution in [3.63, 3.8) is 0 Å². The van der Waals surface area contributed by atoms with Crippen LogP contribution in [0.2, 0.25) is 0 Å². The minimum atomic E-state index is 0.236. The van der Waals surface area contributed by atoms with Crippen molar-refractivity contribution in [2.24, 2.45) is 4.99 Å². The molecule has 5 heteroatoms. The van der Waals surface area contributed by atoms with Gasteiger partial charge in [-0.05, 0) is 30.0 Å². The minimum absolute atomic E-state index is 0.236. The normalized spacial score (nSPS) is 17.6. The average Bonchev–Trinajstić information content (AvgIpc) is 2.53. The zero-order valence-corrected chi connectivity index (χ0v) is 13.0. The van der Waals surface area contributed by atoms with Crippen molar-refractivity contribution >= 4 is 16.8 Å². The van der Waals surface area contributed by atoms with Crippen LogP contribution in [0.5, 0.6) is 17.2 Å². The van der Waals surface area contributed by atoms with Crippen LogP contribution in [0.4, 0.5) is 0 Å². The summed E-state index contributed by atoms with van der Waals surface area (Å²) in [7, 11) is 4.86. The maximum atomic E-state index is 5.38. The van der Waals surface area contributed by atoms with Crippen LogP contribution in [0, 0.1) is 0 Å². The number of hydrogen-bond donors (Lipinski definition) is 0. The van der Waals surface area contributed by atoms with Crippen LogP contribution in [0.1, 0.15) is 11.5 Å². The van der Waals surface area contributed by atoms with Gasteiger partial charge in [0, 0.05) is 5.92 Å². The number of rotatable bonds is 4. The molecule has 1 atom stereocenters. The van der Waals surface area contributed by atoms with Crippen LogP contribution in [0.3, 0.4) is 0 Å². The molecule has 2 rings (SSSR count). The summed E-state index contributed by atoms with van der Waals surface area (Å²) in [6.45, 7) is 0.741. The Morgan fingerprint density at radius 2 is 1.75 bits per heavy atom. The van der Waals surface area contributed by atoms with Crippen molar-refractivity contribution in [3.05, 3.63) is 29.8 Å². The van der Waals surface area contributed by atoms with Gasteiger partial charge in [0.1, 0.15) is 0 Å². The molecule has 1 unspecified atom stereocenters. The molecule has 1 aliphatic rings. The van der Waals surface area contributed by atoms with E-state index in [1.165, 1.54) is 0 Å². The molecule has 0 aliphatic carbocycles. The van der Waals surface area contributed by atoms with E-state index in [1.807, 2.05) is 18.4 Å². The predicted molar refractivity (Wildman–Crippen MR) is 83.8 cm³/mol. The Balaban J connectivity index is 2.34. The molecule has 1 heterocycles. The molecule has 20 heavy (non-hydrogen) atoms. The monoisotopic (exact) mass is 293 g/mol. The van der Waals surface area contributed by atoms with E-state index in [1.54, 1.807) is 33.1 Å². The zero-order chi connectivity index (χ0) is 14.5. The van der Waals surface area contributed by atoms with Gasteiger partial charge in [-0.15, -0.1) is 11.8 Å². The van der Waals surface area contributed by atoms with Crippen LogP contribution in [-0.2, 0) is 0 Å². The molecule has 0 bridgehead atoms. The molecule has 0 amide bonds. The number of dihydropyridines is 1. The van der Waals surface area contributed by atoms with Crippen molar-refractivity contribution < 1.29 is 14.2 Å². The fraction of sp³-hybridized carbons (Fsp3) is 0.400. The van der Waals surface area contributed by atoms with E-state index in [0.29, 0.717) is 17.2 Å². The first-order chi connectivity index (χ1) is 9.73. The summed E-state index contributed by atoms with van der Waals surface area (Å²) in [4.78, 5) is 4.54. The van der Waals surface area contributed by atoms with Gasteiger partial charge in [-0.3, -0.25) is 4.99 Å². The van der Waals surface area contributed by atoms with Gasteiger partial charge in [0.15, 0.2) is 11.5 Å². The number of methoxy groups -OCH3 is 3. The molecule has 1 aromatic carbocycles. The van der Waals surface area contributed by atoms with Gasteiger partial charge in [-0.25, -0.2) is 0 Å². The molecule has 0 saturated heterocycles. The van der Waals surface area contributed by atoms with Gasteiger partial charge >= 0.3 is 0 Å². The summed E-state index contributed by atoms with van der Waals surface area (Å²) in [5, 5.41) is 1.06. The van der Waals surface area contributed by atoms with Crippen molar-refractivity contribution in [2.75, 3.05) is 34.1 Å². The van der Waals surface area contributed by atoms with Gasteiger partial charge in [-0.2, -0.15) is 0 Å². The van der Waals surface area contributed by atoms with E-state index < -0.39 is 0 Å². The standard InChI is InChI=1S/C15H19NO3S/c1-17-12-7-11(8-13(18-2)15(12)19-3)10-5-6-14(20-4)16-9-10/h5-8,10H,9H2,1-4H3. The van der Waals surface area contributed by atoms with Crippen LogP contribution in [-0.4, -0.2) is 39.2 Å². The topological polar surface area (TPSA) is 40.0 Å². The predicted octanol–water partition coefficient (Wildman–Crippen LogP) is 3.13. The quantitative estimate of drug-likeness (QED) is 0.855. The second-order valence-electron chi connectivity index (χ2n) is 4.31. The Bertz CT molecular complexity index is 515. The van der Waals surface area contributed by atoms with Gasteiger partial charge in [-0.1, -0.05) is 6.08 Å². The molecule has 0 fully saturated rings. The second kappa shape index (κ2) is 6.70. The molecule has 0 saturated carbocycles. The van der Waals surface area contributed by atoms with Gasteiger partial charge in [0.2, 0.25) is 5.75 Å². The van der Waals surface area contributed by atoms with Crippen molar-refractivity contribution in [3.8, 4) is 17.2 Å². The van der Waals surface area contributed by atoms with E-state index in [0.717, 1.165) is 17.2 Å². The Morgan fingerprint density at radius 3 is 2.15 bits per heavy atom. The fourth-order valence-corrected chi connectivity index (χ4v) is 2.58. The third kappa shape index (κ3) is 2.93. The summed E-state index contributed by atoms with van der Waals surface area (Å²) in [6, 6.07) is 3.96. The summed E-state index contributed by atoms with van der Waals surface area (Å²) in [5.74, 6) is 2.20. The second-order valence-corrected chi connectivity index (χ2v) is 5.13. The number of nitrogens with zero attached hydrogens (tertiary/aromatic N) is 1. The summed E-state index contributed by atoms with van der Waals surface area (Å²) < 4.78 is 16.1. The maximum absolute atomic E-state index is 5.38. The largest absolute Gasteiger partial charge is 0.493 e. The highest BCUT2D eigenvalue weighted by molar-refractivity contribution is 8.13. The van der Waals surface area contributed by atoms with E-state index in [4.69, 9.17) is 14.2 Å². The highest BCUT2D eigenvalue weighted by Crippen LogP contribution is 2.40. The van der Waals surface area contributed by atoms with Crippen LogP contribution >= 0.6 is 11.8 Å². The first kappa shape index (κ1) is 14.8. The molecule has 0 N–H and O–H groups in total. The molecular formula is C15H19NO3S. The Labute approximate surface area is 123 Å². The van der Waals surface area contributed by atoms with Crippen LogP contribution < -0.4 is 14.2 Å². The number of aliphatic imine (C=N–C) groups is 1. The molecule has 108 valence electrons. The van der Waals surface area contributed by atoms with Crippen LogP contribution in [0.15, 0.2) is 29.3 Å². The molecule has 0 radical (unpaired) electrons. The highest BCUT2D eigenvalue weighted by Gasteiger charge is 2.18. The summed E-state index contributed by atoms with van der Waals surface area (Å²) in [6.07, 6.45) is 6.25. The molecule has 4 nitrogen and oxygen atoms in total. The smallest absolute Gasteiger partial charge is 0.203 e. The molecule has 0 aromatic heterocycles. The number of benzene rings is 1. The fourth-order valence-electron chi connectivity index (χ4n) is 2.16. The van der Waals surface area contributed by atoms with Crippen molar-refractivity contribution in [1.82, 2.24) is 0 Å². The first-order valence-corrected chi connectivity index (χ1v) is 7.52. The van der Waals surface area contributed by atoms with Gasteiger partial charge < -0.3 is 14.2 Å². The van der Waals surface area contributed by atoms with E-state index in [2.05, 4.69) is 17.1 Å². The summed E-state index contributed by atoms with van der Waals surface area (Å²) in [5.41, 5.74) is 1.11. The lowest BCUT2D eigenvalue weighted by Gasteiger charge is -2.19. The minimum Gasteiger partial charge on any atom is -0.493 e. The lowest BCUT2D eigenvalue weighted by atomic mass is 9.96. The Morgan fingerprint density at radius 1 is 1.10 bits per heavy atom. The molecule has 0 spiro atoms. The molecular weight excluding hydrogens is 274 g/mol. The number of hydrogen-bond acceptors (Lipinski definition) is 5. The average molecular weight is 293 g/mol. The van der Waals surface area contributed by atoms with E-state index in [9.17, 15) is 0 Å². The SMILES string of the molecule is COc1cc(C2C=CC(SC)=NC2)cc(OC)c1OC. The van der Waals surface area contributed by atoms with Crippen LogP contribution in [0.25, 0.3) is 0 Å². The zero-order valence-electron chi connectivity index (χ0n) is 12.2. The van der Waals surface area contributed by atoms with Gasteiger partial charge in [0.25, 0.3) is 0 Å². The highest BCUT2D eigenvalue weighted by atomic mass is 32.2. The van der Waals surface area contributed by atoms with Crippen molar-refractivity contribution in [1.29, 1.82) is 0 Å². The lowest BCUT2D eigenvalue weighted by molar-refractivity contribution is 0.323. The first-order valence-electron chi connectivity index (χ1n) is 6.30. The van der Waals surface area contributed by atoms with Crippen molar-refractivity contribution in [2.45, 2.75) is 5.92 Å². The third-order valence-electron chi connectivity index (χ3n) is 3.24. The molecule has 1 aromatic rings.